The van der Waals surface area contributed by atoms with Crippen LogP contribution in [0.1, 0.15) is 27.8 Å². The van der Waals surface area contributed by atoms with Gasteiger partial charge in [0.15, 0.2) is 0 Å². The number of anilines is 2. The van der Waals surface area contributed by atoms with Crippen molar-refractivity contribution < 1.29 is 13.7 Å². The molecule has 8 heteroatoms. The van der Waals surface area contributed by atoms with Crippen LogP contribution >= 0.6 is 0 Å². The number of hydrogen-bond acceptors (Lipinski definition) is 6. The molecule has 5 aromatic rings. The smallest absolute Gasteiger partial charge is 0.131 e. The number of nitrogens with one attached hydrogen (secondary N) is 1. The maximum absolute atomic E-state index is 11.9. The Balaban J connectivity index is 1.28. The van der Waals surface area contributed by atoms with Gasteiger partial charge in [-0.05, 0) is 83.8 Å². The Morgan fingerprint density at radius 3 is 2.23 bits per heavy atom. The Morgan fingerprint density at radius 2 is 1.55 bits per heavy atom. The molecule has 1 aromatic heterocycles. The van der Waals surface area contributed by atoms with E-state index in [2.05, 4.69) is 38.9 Å². The van der Waals surface area contributed by atoms with E-state index in [1.807, 2.05) is 98.0 Å². The molecule has 1 heterocycles. The molecular formula is C36H34N4O3S. The van der Waals surface area contributed by atoms with E-state index < -0.39 is 11.0 Å². The van der Waals surface area contributed by atoms with E-state index in [0.29, 0.717) is 31.0 Å². The van der Waals surface area contributed by atoms with Gasteiger partial charge in [-0.1, -0.05) is 42.5 Å². The average Bonchev–Trinajstić information content (AvgIpc) is 3.04. The topological polar surface area (TPSA) is 87.5 Å². The number of pyridine rings is 1. The summed E-state index contributed by atoms with van der Waals surface area (Å²) in [7, 11) is -1.18. The number of benzene rings is 4. The van der Waals surface area contributed by atoms with Gasteiger partial charge >= 0.3 is 0 Å². The van der Waals surface area contributed by atoms with E-state index >= 15 is 0 Å². The van der Waals surface area contributed by atoms with Crippen molar-refractivity contribution in [1.82, 2.24) is 4.98 Å². The standard InChI is InChI=1S/C36H34N4O3S/c1-27-35(39-44(2)41)9-4-10-36(27)40(25-30-13-11-28(23-37)12-14-30)26-31-15-17-32(18-16-31)43-34-8-3-7-33(22-34)42-21-19-29-6-5-20-38-24-29/h3-18,20,22,24,39H,19,21,25-26H2,1-2H3. The lowest BCUT2D eigenvalue weighted by atomic mass is 10.1. The molecule has 1 N–H and O–H groups in total. The Bertz CT molecular complexity index is 1740. The van der Waals surface area contributed by atoms with Gasteiger partial charge in [-0.25, -0.2) is 4.21 Å². The molecule has 4 aromatic carbocycles. The van der Waals surface area contributed by atoms with E-state index in [-0.39, 0.29) is 0 Å². The number of nitrogens with zero attached hydrogens (tertiary/aromatic N) is 3. The second-order valence-electron chi connectivity index (χ2n) is 10.4. The summed E-state index contributed by atoms with van der Waals surface area (Å²) in [6, 6.07) is 35.5. The van der Waals surface area contributed by atoms with Gasteiger partial charge in [0.2, 0.25) is 0 Å². The lowest BCUT2D eigenvalue weighted by Gasteiger charge is -2.28. The molecule has 44 heavy (non-hydrogen) atoms. The number of nitriles is 1. The largest absolute Gasteiger partial charge is 0.493 e. The van der Waals surface area contributed by atoms with Crippen molar-refractivity contribution in [2.75, 3.05) is 22.5 Å². The highest BCUT2D eigenvalue weighted by Crippen LogP contribution is 2.31. The average molecular weight is 603 g/mol. The minimum Gasteiger partial charge on any atom is -0.493 e. The molecule has 5 rings (SSSR count). The Kier molecular flexibility index (Phi) is 10.2. The second kappa shape index (κ2) is 14.9. The second-order valence-corrected chi connectivity index (χ2v) is 11.5. The van der Waals surface area contributed by atoms with Gasteiger partial charge < -0.3 is 19.1 Å². The first-order valence-electron chi connectivity index (χ1n) is 14.3. The van der Waals surface area contributed by atoms with Crippen LogP contribution < -0.4 is 19.1 Å². The van der Waals surface area contributed by atoms with Crippen LogP contribution in [0, 0.1) is 18.3 Å². The zero-order valence-corrected chi connectivity index (χ0v) is 25.6. The summed E-state index contributed by atoms with van der Waals surface area (Å²) in [6.07, 6.45) is 6.02. The third kappa shape index (κ3) is 8.46. The molecule has 0 bridgehead atoms. The predicted molar refractivity (Wildman–Crippen MR) is 176 cm³/mol. The Labute approximate surface area is 261 Å². The molecule has 0 aliphatic heterocycles. The fourth-order valence-electron chi connectivity index (χ4n) is 4.84. The van der Waals surface area contributed by atoms with Crippen molar-refractivity contribution in [1.29, 1.82) is 5.26 Å². The molecule has 0 amide bonds. The van der Waals surface area contributed by atoms with E-state index in [1.54, 1.807) is 12.5 Å². The minimum atomic E-state index is -1.18. The quantitative estimate of drug-likeness (QED) is 0.149. The van der Waals surface area contributed by atoms with Gasteiger partial charge in [0, 0.05) is 49.9 Å². The molecule has 0 spiro atoms. The van der Waals surface area contributed by atoms with E-state index in [4.69, 9.17) is 9.47 Å². The van der Waals surface area contributed by atoms with Gasteiger partial charge in [-0.3, -0.25) is 4.98 Å². The van der Waals surface area contributed by atoms with E-state index in [9.17, 15) is 9.47 Å². The highest BCUT2D eigenvalue weighted by molar-refractivity contribution is 7.85. The molecule has 1 unspecified atom stereocenters. The van der Waals surface area contributed by atoms with Gasteiger partial charge in [-0.2, -0.15) is 5.26 Å². The van der Waals surface area contributed by atoms with Crippen molar-refractivity contribution in [3.63, 3.8) is 0 Å². The molecule has 0 saturated carbocycles. The molecule has 222 valence electrons. The summed E-state index contributed by atoms with van der Waals surface area (Å²) >= 11 is 0. The van der Waals surface area contributed by atoms with Gasteiger partial charge in [0.25, 0.3) is 0 Å². The van der Waals surface area contributed by atoms with Crippen molar-refractivity contribution in [3.05, 3.63) is 143 Å². The first-order chi connectivity index (χ1) is 21.5. The zero-order chi connectivity index (χ0) is 30.7. The van der Waals surface area contributed by atoms with Crippen LogP contribution in [0.2, 0.25) is 0 Å². The van der Waals surface area contributed by atoms with Crippen molar-refractivity contribution >= 4 is 22.4 Å². The first-order valence-corrected chi connectivity index (χ1v) is 15.8. The van der Waals surface area contributed by atoms with Crippen LogP contribution in [0.4, 0.5) is 11.4 Å². The van der Waals surface area contributed by atoms with Crippen LogP contribution in [-0.4, -0.2) is 22.1 Å². The fourth-order valence-corrected chi connectivity index (χ4v) is 5.37. The SMILES string of the molecule is Cc1c(NS(C)=O)cccc1N(Cc1ccc(C#N)cc1)Cc1ccc(Oc2cccc(OCCc3cccnc3)c2)cc1. The molecule has 0 aliphatic rings. The van der Waals surface area contributed by atoms with Crippen LogP contribution in [0.15, 0.2) is 116 Å². The lowest BCUT2D eigenvalue weighted by molar-refractivity contribution is 0.320. The predicted octanol–water partition coefficient (Wildman–Crippen LogP) is 7.59. The van der Waals surface area contributed by atoms with E-state index in [1.165, 1.54) is 0 Å². The highest BCUT2D eigenvalue weighted by Gasteiger charge is 2.14. The third-order valence-electron chi connectivity index (χ3n) is 7.08. The molecular weight excluding hydrogens is 568 g/mol. The summed E-state index contributed by atoms with van der Waals surface area (Å²) in [5.41, 5.74) is 6.83. The number of ether oxygens (including phenoxy) is 2. The summed E-state index contributed by atoms with van der Waals surface area (Å²) in [5, 5.41) is 9.21. The maximum atomic E-state index is 11.9. The zero-order valence-electron chi connectivity index (χ0n) is 24.8. The molecule has 0 fully saturated rings. The molecule has 1 atom stereocenters. The number of hydrogen-bond donors (Lipinski definition) is 1. The van der Waals surface area contributed by atoms with Crippen LogP contribution in [-0.2, 0) is 30.5 Å². The van der Waals surface area contributed by atoms with Gasteiger partial charge in [0.1, 0.15) is 28.2 Å². The molecule has 7 nitrogen and oxygen atoms in total. The van der Waals surface area contributed by atoms with Crippen molar-refractivity contribution in [2.24, 2.45) is 0 Å². The van der Waals surface area contributed by atoms with Gasteiger partial charge in [-0.15, -0.1) is 0 Å². The van der Waals surface area contributed by atoms with Crippen molar-refractivity contribution in [2.45, 2.75) is 26.4 Å². The van der Waals surface area contributed by atoms with Crippen LogP contribution in [0.3, 0.4) is 0 Å². The Morgan fingerprint density at radius 1 is 0.841 bits per heavy atom. The Hall–Kier alpha value is -5.13. The highest BCUT2D eigenvalue weighted by atomic mass is 32.2. The van der Waals surface area contributed by atoms with Crippen molar-refractivity contribution in [3.8, 4) is 23.3 Å². The number of aromatic nitrogens is 1. The summed E-state index contributed by atoms with van der Waals surface area (Å²) in [6.45, 7) is 3.86. The summed E-state index contributed by atoms with van der Waals surface area (Å²) in [5.74, 6) is 2.18. The lowest BCUT2D eigenvalue weighted by Crippen LogP contribution is -2.23. The monoisotopic (exact) mass is 602 g/mol. The maximum Gasteiger partial charge on any atom is 0.131 e. The fraction of sp³-hybridized carbons (Fsp3) is 0.167. The summed E-state index contributed by atoms with van der Waals surface area (Å²) in [4.78, 5) is 6.43. The molecule has 0 saturated heterocycles. The number of rotatable bonds is 13. The first kappa shape index (κ1) is 30.3. The third-order valence-corrected chi connectivity index (χ3v) is 7.58. The molecule has 0 radical (unpaired) electrons. The van der Waals surface area contributed by atoms with Crippen LogP contribution in [0.25, 0.3) is 0 Å². The van der Waals surface area contributed by atoms with E-state index in [0.717, 1.165) is 51.5 Å². The normalized spacial score (nSPS) is 11.3. The van der Waals surface area contributed by atoms with Crippen LogP contribution in [0.5, 0.6) is 17.2 Å². The molecule has 0 aliphatic carbocycles. The summed E-state index contributed by atoms with van der Waals surface area (Å²) < 4.78 is 27.0. The minimum absolute atomic E-state index is 0.553. The van der Waals surface area contributed by atoms with Gasteiger partial charge in [0.05, 0.1) is 23.9 Å².